The third-order valence-corrected chi connectivity index (χ3v) is 14.9. The van der Waals surface area contributed by atoms with Gasteiger partial charge in [0.25, 0.3) is 0 Å². The van der Waals surface area contributed by atoms with Crippen LogP contribution < -0.4 is 4.90 Å². The highest BCUT2D eigenvalue weighted by molar-refractivity contribution is 9.10. The Morgan fingerprint density at radius 3 is 1.29 bits per heavy atom. The Kier molecular flexibility index (Phi) is 9.63. The first kappa shape index (κ1) is 40.0. The number of hydrogen-bond donors (Lipinski definition) is 0. The highest BCUT2D eigenvalue weighted by Gasteiger charge is 2.47. The maximum atomic E-state index is 4.10. The van der Waals surface area contributed by atoms with Crippen molar-refractivity contribution in [3.63, 3.8) is 0 Å². The molecule has 0 aromatic heterocycles. The van der Waals surface area contributed by atoms with Crippen LogP contribution in [-0.4, -0.2) is 0 Å². The van der Waals surface area contributed by atoms with Crippen LogP contribution in [0.4, 0.5) is 17.1 Å². The fourth-order valence-electron chi connectivity index (χ4n) is 11.0. The second-order valence-corrected chi connectivity index (χ2v) is 19.0. The van der Waals surface area contributed by atoms with Crippen LogP contribution in [0.25, 0.3) is 55.6 Å². The Morgan fingerprint density at radius 2 is 0.727 bits per heavy atom. The van der Waals surface area contributed by atoms with Crippen LogP contribution in [0.1, 0.15) is 47.2 Å². The molecule has 66 heavy (non-hydrogen) atoms. The summed E-state index contributed by atoms with van der Waals surface area (Å²) in [4.78, 5) is 2.43. The van der Waals surface area contributed by atoms with Gasteiger partial charge in [0.15, 0.2) is 0 Å². The molecule has 10 aromatic rings. The van der Waals surface area contributed by atoms with Crippen molar-refractivity contribution >= 4 is 33.0 Å². The quantitative estimate of drug-likeness (QED) is 0.147. The van der Waals surface area contributed by atoms with Crippen LogP contribution >= 0.6 is 15.9 Å². The zero-order valence-electron chi connectivity index (χ0n) is 36.9. The Balaban J connectivity index is 1.05. The minimum atomic E-state index is -0.612. The smallest absolute Gasteiger partial charge is 0.0724 e. The van der Waals surface area contributed by atoms with Gasteiger partial charge in [-0.1, -0.05) is 218 Å². The molecule has 0 atom stereocenters. The molecule has 314 valence electrons. The molecule has 0 aliphatic heterocycles. The monoisotopic (exact) mass is 907 g/mol. The van der Waals surface area contributed by atoms with Crippen molar-refractivity contribution in [2.45, 2.75) is 24.7 Å². The summed E-state index contributed by atoms with van der Waals surface area (Å²) in [7, 11) is 0. The molecule has 0 fully saturated rings. The summed E-state index contributed by atoms with van der Waals surface area (Å²) in [6, 6.07) is 89.6. The molecule has 0 unspecified atom stereocenters. The lowest BCUT2D eigenvalue weighted by atomic mass is 9.67. The molecule has 0 saturated carbocycles. The minimum Gasteiger partial charge on any atom is -0.310 e. The van der Waals surface area contributed by atoms with Crippen LogP contribution in [0.2, 0.25) is 0 Å². The van der Waals surface area contributed by atoms with Gasteiger partial charge in [0.05, 0.1) is 5.41 Å². The van der Waals surface area contributed by atoms with Crippen molar-refractivity contribution < 1.29 is 0 Å². The highest BCUT2D eigenvalue weighted by Crippen LogP contribution is 2.59. The molecule has 2 aliphatic rings. The van der Waals surface area contributed by atoms with E-state index in [0.29, 0.717) is 0 Å². The van der Waals surface area contributed by atoms with Crippen molar-refractivity contribution in [1.29, 1.82) is 0 Å². The lowest BCUT2D eigenvalue weighted by Crippen LogP contribution is -2.29. The molecule has 0 N–H and O–H groups in total. The Bertz CT molecular complexity index is 3340. The number of nitrogens with zero attached hydrogens (tertiary/aromatic N) is 1. The summed E-state index contributed by atoms with van der Waals surface area (Å²) in [5, 5.41) is 0. The number of fused-ring (bicyclic) bond motifs is 6. The maximum absolute atomic E-state index is 4.10. The van der Waals surface area contributed by atoms with Gasteiger partial charge >= 0.3 is 0 Å². The third-order valence-electron chi connectivity index (χ3n) is 14.2. The SMILES string of the molecule is CC1(C)c2ccccc2-c2ccc(N(c3ccc(-c4ccccc4)cc3)c3ccc(C4(c5ccccc5Br)c5ccc(-c6ccccc6)cc5-c5cc(-c6ccccc6)ccc54)cc3)cc21. The van der Waals surface area contributed by atoms with Gasteiger partial charge in [-0.3, -0.25) is 0 Å². The van der Waals surface area contributed by atoms with E-state index in [1.54, 1.807) is 0 Å². The lowest BCUT2D eigenvalue weighted by molar-refractivity contribution is 0.660. The molecule has 0 spiro atoms. The molecular formula is C64H46BrN. The summed E-state index contributed by atoms with van der Waals surface area (Å²) in [6.07, 6.45) is 0. The first-order valence-corrected chi connectivity index (χ1v) is 23.6. The van der Waals surface area contributed by atoms with Crippen molar-refractivity contribution in [1.82, 2.24) is 0 Å². The van der Waals surface area contributed by atoms with Gasteiger partial charge in [0.2, 0.25) is 0 Å². The molecule has 10 aromatic carbocycles. The fourth-order valence-corrected chi connectivity index (χ4v) is 11.6. The summed E-state index contributed by atoms with van der Waals surface area (Å²) in [5.41, 5.74) is 22.7. The number of rotatable bonds is 8. The minimum absolute atomic E-state index is 0.131. The number of hydrogen-bond acceptors (Lipinski definition) is 1. The second-order valence-electron chi connectivity index (χ2n) is 18.2. The van der Waals surface area contributed by atoms with E-state index in [9.17, 15) is 0 Å². The van der Waals surface area contributed by atoms with E-state index in [0.717, 1.165) is 21.5 Å². The van der Waals surface area contributed by atoms with Gasteiger partial charge in [0.1, 0.15) is 0 Å². The molecule has 0 saturated heterocycles. The van der Waals surface area contributed by atoms with Gasteiger partial charge < -0.3 is 4.90 Å². The van der Waals surface area contributed by atoms with Crippen LogP contribution in [0.3, 0.4) is 0 Å². The lowest BCUT2D eigenvalue weighted by Gasteiger charge is -2.35. The van der Waals surface area contributed by atoms with E-state index in [2.05, 4.69) is 277 Å². The largest absolute Gasteiger partial charge is 0.310 e. The Morgan fingerprint density at radius 1 is 0.303 bits per heavy atom. The van der Waals surface area contributed by atoms with Crippen molar-refractivity contribution in [3.8, 4) is 55.6 Å². The summed E-state index contributed by atoms with van der Waals surface area (Å²) in [6.45, 7) is 4.72. The van der Waals surface area contributed by atoms with Gasteiger partial charge in [0, 0.05) is 26.9 Å². The Hall–Kier alpha value is -7.52. The topological polar surface area (TPSA) is 3.24 Å². The van der Waals surface area contributed by atoms with Crippen molar-refractivity contribution in [2.24, 2.45) is 0 Å². The predicted molar refractivity (Wildman–Crippen MR) is 280 cm³/mol. The molecule has 0 amide bonds. The second kappa shape index (κ2) is 15.9. The van der Waals surface area contributed by atoms with E-state index >= 15 is 0 Å². The molecule has 12 rings (SSSR count). The first-order valence-electron chi connectivity index (χ1n) is 22.9. The van der Waals surface area contributed by atoms with Crippen LogP contribution in [0.15, 0.2) is 247 Å². The first-order chi connectivity index (χ1) is 32.4. The van der Waals surface area contributed by atoms with Crippen LogP contribution in [0.5, 0.6) is 0 Å². The van der Waals surface area contributed by atoms with E-state index in [1.165, 1.54) is 89.0 Å². The summed E-state index contributed by atoms with van der Waals surface area (Å²) < 4.78 is 1.08. The molecule has 1 nitrogen and oxygen atoms in total. The number of benzene rings is 10. The highest BCUT2D eigenvalue weighted by atomic mass is 79.9. The average Bonchev–Trinajstić information content (AvgIpc) is 3.79. The summed E-state index contributed by atoms with van der Waals surface area (Å²) >= 11 is 4.10. The maximum Gasteiger partial charge on any atom is 0.0724 e. The normalized spacial score (nSPS) is 13.6. The molecule has 2 heteroatoms. The van der Waals surface area contributed by atoms with E-state index < -0.39 is 5.41 Å². The van der Waals surface area contributed by atoms with Gasteiger partial charge in [-0.2, -0.15) is 0 Å². The molecule has 0 heterocycles. The van der Waals surface area contributed by atoms with E-state index in [4.69, 9.17) is 0 Å². The number of halogens is 1. The van der Waals surface area contributed by atoms with Gasteiger partial charge in [-0.05, 0) is 144 Å². The average molecular weight is 909 g/mol. The van der Waals surface area contributed by atoms with Crippen LogP contribution in [0, 0.1) is 0 Å². The van der Waals surface area contributed by atoms with Crippen molar-refractivity contribution in [2.75, 3.05) is 4.90 Å². The third kappa shape index (κ3) is 6.35. The van der Waals surface area contributed by atoms with Crippen molar-refractivity contribution in [3.05, 3.63) is 281 Å². The molecule has 2 aliphatic carbocycles. The summed E-state index contributed by atoms with van der Waals surface area (Å²) in [5.74, 6) is 0. The van der Waals surface area contributed by atoms with Gasteiger partial charge in [-0.25, -0.2) is 0 Å². The van der Waals surface area contributed by atoms with E-state index in [1.807, 2.05) is 0 Å². The predicted octanol–water partition coefficient (Wildman–Crippen LogP) is 17.6. The van der Waals surface area contributed by atoms with Gasteiger partial charge in [-0.15, -0.1) is 0 Å². The molecule has 0 bridgehead atoms. The fraction of sp³-hybridized carbons (Fsp3) is 0.0625. The zero-order valence-corrected chi connectivity index (χ0v) is 38.5. The molecule has 0 radical (unpaired) electrons. The number of anilines is 3. The van der Waals surface area contributed by atoms with E-state index in [-0.39, 0.29) is 5.41 Å². The van der Waals surface area contributed by atoms with Crippen LogP contribution in [-0.2, 0) is 10.8 Å². The standard InChI is InChI=1S/C64H46BrN/c1-63(2)57-23-13-12-22-53(57)54-37-36-52(42-61(54)63)66(50-32-26-46(27-33-50)43-16-6-3-7-17-43)51-34-30-49(31-35-51)64(60-24-14-15-25-62(60)65)58-38-28-47(44-18-8-4-9-19-44)40-55(58)56-41-48(29-39-59(56)64)45-20-10-5-11-21-45/h3-42H,1-2H3. The zero-order chi connectivity index (χ0) is 44.4. The Labute approximate surface area is 396 Å². The molecular weight excluding hydrogens is 863 g/mol.